The van der Waals surface area contributed by atoms with Crippen LogP contribution < -0.4 is 5.32 Å². The van der Waals surface area contributed by atoms with Crippen LogP contribution in [0.15, 0.2) is 72.4 Å². The quantitative estimate of drug-likeness (QED) is 0.590. The Morgan fingerprint density at radius 3 is 2.60 bits per heavy atom. The van der Waals surface area contributed by atoms with Crippen LogP contribution in [0.1, 0.15) is 11.7 Å². The maximum absolute atomic E-state index is 12.2. The van der Waals surface area contributed by atoms with Gasteiger partial charge in [-0.1, -0.05) is 42.5 Å². The lowest BCUT2D eigenvalue weighted by Gasteiger charge is -2.11. The summed E-state index contributed by atoms with van der Waals surface area (Å²) in [6.45, 7) is 0. The molecule has 2 aromatic heterocycles. The number of nitrogens with zero attached hydrogens (tertiary/aromatic N) is 2. The van der Waals surface area contributed by atoms with E-state index < -0.39 is 12.0 Å². The molecule has 2 aromatic carbocycles. The molecule has 0 saturated heterocycles. The van der Waals surface area contributed by atoms with E-state index in [-0.39, 0.29) is 0 Å². The lowest BCUT2D eigenvalue weighted by Crippen LogP contribution is -2.20. The lowest BCUT2D eigenvalue weighted by atomic mass is 10.1. The Bertz CT molecular complexity index is 978. The Hall–Kier alpha value is -2.96. The number of carbonyl (C=O) groups excluding carboxylic acids is 1. The number of amides is 1. The predicted molar refractivity (Wildman–Crippen MR) is 98.5 cm³/mol. The standard InChI is InChI=1S/C19H15N3O2S/c23-17(14-4-2-1-3-5-14)18(24)20-15-8-6-13(7-9-15)16-12-22-10-11-25-19(22)21-16/h1-12,17,23H,(H,20,24). The van der Waals surface area contributed by atoms with Gasteiger partial charge < -0.3 is 10.4 Å². The second kappa shape index (κ2) is 6.51. The maximum atomic E-state index is 12.2. The Labute approximate surface area is 148 Å². The summed E-state index contributed by atoms with van der Waals surface area (Å²) in [4.78, 5) is 17.7. The van der Waals surface area contributed by atoms with Crippen LogP contribution in [0.4, 0.5) is 5.69 Å². The van der Waals surface area contributed by atoms with Gasteiger partial charge in [0, 0.05) is 29.0 Å². The first kappa shape index (κ1) is 15.6. The highest BCUT2D eigenvalue weighted by atomic mass is 32.1. The normalized spacial score (nSPS) is 12.2. The molecule has 0 fully saturated rings. The molecule has 5 nitrogen and oxygen atoms in total. The SMILES string of the molecule is O=C(Nc1ccc(-c2cn3ccsc3n2)cc1)C(O)c1ccccc1. The Morgan fingerprint density at radius 1 is 1.12 bits per heavy atom. The van der Waals surface area contributed by atoms with E-state index in [0.717, 1.165) is 16.2 Å². The molecule has 6 heteroatoms. The summed E-state index contributed by atoms with van der Waals surface area (Å²) < 4.78 is 1.98. The molecule has 0 saturated carbocycles. The molecule has 0 spiro atoms. The first-order valence-corrected chi connectivity index (χ1v) is 8.65. The minimum absolute atomic E-state index is 0.457. The number of rotatable bonds is 4. The molecule has 1 amide bonds. The molecule has 0 bridgehead atoms. The zero-order valence-corrected chi connectivity index (χ0v) is 14.0. The average Bonchev–Trinajstić information content (AvgIpc) is 3.24. The number of thiazole rings is 1. The molecule has 1 unspecified atom stereocenters. The van der Waals surface area contributed by atoms with Gasteiger partial charge in [0.2, 0.25) is 0 Å². The second-order valence-corrected chi connectivity index (χ2v) is 6.47. The summed E-state index contributed by atoms with van der Waals surface area (Å²) in [5.41, 5.74) is 3.05. The highest BCUT2D eigenvalue weighted by Crippen LogP contribution is 2.23. The molecule has 4 rings (SSSR count). The van der Waals surface area contributed by atoms with Crippen molar-refractivity contribution in [3.8, 4) is 11.3 Å². The van der Waals surface area contributed by atoms with Crippen molar-refractivity contribution >= 4 is 27.9 Å². The third-order valence-electron chi connectivity index (χ3n) is 3.91. The second-order valence-electron chi connectivity index (χ2n) is 5.60. The Balaban J connectivity index is 1.48. The van der Waals surface area contributed by atoms with E-state index in [9.17, 15) is 9.90 Å². The monoisotopic (exact) mass is 349 g/mol. The minimum atomic E-state index is -1.19. The van der Waals surface area contributed by atoms with Gasteiger partial charge in [-0.15, -0.1) is 11.3 Å². The summed E-state index contributed by atoms with van der Waals surface area (Å²) in [5, 5.41) is 14.8. The highest BCUT2D eigenvalue weighted by Gasteiger charge is 2.17. The van der Waals surface area contributed by atoms with E-state index in [4.69, 9.17) is 0 Å². The predicted octanol–water partition coefficient (Wildman–Crippen LogP) is 3.73. The van der Waals surface area contributed by atoms with Crippen molar-refractivity contribution in [1.29, 1.82) is 0 Å². The molecule has 0 aliphatic heterocycles. The number of hydrogen-bond acceptors (Lipinski definition) is 4. The Kier molecular flexibility index (Phi) is 4.05. The van der Waals surface area contributed by atoms with Gasteiger partial charge in [-0.3, -0.25) is 9.20 Å². The van der Waals surface area contributed by atoms with E-state index in [1.54, 1.807) is 47.7 Å². The van der Waals surface area contributed by atoms with Crippen LogP contribution in [0.5, 0.6) is 0 Å². The van der Waals surface area contributed by atoms with Crippen molar-refractivity contribution in [3.05, 3.63) is 77.9 Å². The molecule has 25 heavy (non-hydrogen) atoms. The number of aliphatic hydroxyl groups is 1. The zero-order valence-electron chi connectivity index (χ0n) is 13.2. The number of benzene rings is 2. The molecule has 0 aliphatic rings. The summed E-state index contributed by atoms with van der Waals surface area (Å²) in [6, 6.07) is 16.3. The molecule has 1 atom stereocenters. The van der Waals surface area contributed by atoms with E-state index >= 15 is 0 Å². The third-order valence-corrected chi connectivity index (χ3v) is 4.68. The number of imidazole rings is 1. The smallest absolute Gasteiger partial charge is 0.257 e. The number of aliphatic hydroxyl groups excluding tert-OH is 1. The number of fused-ring (bicyclic) bond motifs is 1. The number of hydrogen-bond donors (Lipinski definition) is 2. The topological polar surface area (TPSA) is 66.6 Å². The van der Waals surface area contributed by atoms with E-state index in [1.807, 2.05) is 40.4 Å². The van der Waals surface area contributed by atoms with Gasteiger partial charge in [0.05, 0.1) is 5.69 Å². The molecule has 0 aliphatic carbocycles. The van der Waals surface area contributed by atoms with Crippen LogP contribution >= 0.6 is 11.3 Å². The van der Waals surface area contributed by atoms with Gasteiger partial charge in [-0.25, -0.2) is 4.98 Å². The fraction of sp³-hybridized carbons (Fsp3) is 0.0526. The van der Waals surface area contributed by atoms with Gasteiger partial charge in [-0.2, -0.15) is 0 Å². The average molecular weight is 349 g/mol. The van der Waals surface area contributed by atoms with Crippen LogP contribution in [0.2, 0.25) is 0 Å². The van der Waals surface area contributed by atoms with Gasteiger partial charge in [0.25, 0.3) is 5.91 Å². The molecule has 4 aromatic rings. The largest absolute Gasteiger partial charge is 0.378 e. The van der Waals surface area contributed by atoms with Gasteiger partial charge in [-0.05, 0) is 17.7 Å². The molecule has 0 radical (unpaired) electrons. The fourth-order valence-electron chi connectivity index (χ4n) is 2.59. The van der Waals surface area contributed by atoms with Crippen molar-refractivity contribution < 1.29 is 9.90 Å². The van der Waals surface area contributed by atoms with Gasteiger partial charge >= 0.3 is 0 Å². The highest BCUT2D eigenvalue weighted by molar-refractivity contribution is 7.15. The number of aromatic nitrogens is 2. The van der Waals surface area contributed by atoms with Crippen LogP contribution in [0.25, 0.3) is 16.2 Å². The summed E-state index contributed by atoms with van der Waals surface area (Å²) in [7, 11) is 0. The molecular formula is C19H15N3O2S. The first-order valence-electron chi connectivity index (χ1n) is 7.77. The van der Waals surface area contributed by atoms with Crippen molar-refractivity contribution in [2.24, 2.45) is 0 Å². The fourth-order valence-corrected chi connectivity index (χ4v) is 3.29. The van der Waals surface area contributed by atoms with E-state index in [0.29, 0.717) is 11.3 Å². The first-order chi connectivity index (χ1) is 12.2. The lowest BCUT2D eigenvalue weighted by molar-refractivity contribution is -0.124. The summed E-state index contributed by atoms with van der Waals surface area (Å²) >= 11 is 1.58. The number of anilines is 1. The Morgan fingerprint density at radius 2 is 1.88 bits per heavy atom. The van der Waals surface area contributed by atoms with Crippen molar-refractivity contribution in [3.63, 3.8) is 0 Å². The zero-order chi connectivity index (χ0) is 17.2. The molecule has 2 N–H and O–H groups in total. The van der Waals surface area contributed by atoms with Gasteiger partial charge in [0.1, 0.15) is 0 Å². The molecular weight excluding hydrogens is 334 g/mol. The maximum Gasteiger partial charge on any atom is 0.257 e. The van der Waals surface area contributed by atoms with Crippen molar-refractivity contribution in [2.45, 2.75) is 6.10 Å². The summed E-state index contributed by atoms with van der Waals surface area (Å²) in [5.74, 6) is -0.457. The van der Waals surface area contributed by atoms with Gasteiger partial charge in [0.15, 0.2) is 11.1 Å². The number of carbonyl (C=O) groups is 1. The third kappa shape index (κ3) is 3.17. The van der Waals surface area contributed by atoms with E-state index in [1.165, 1.54) is 0 Å². The number of nitrogens with one attached hydrogen (secondary N) is 1. The molecule has 124 valence electrons. The van der Waals surface area contributed by atoms with Crippen molar-refractivity contribution in [1.82, 2.24) is 9.38 Å². The minimum Gasteiger partial charge on any atom is -0.378 e. The van der Waals surface area contributed by atoms with Crippen LogP contribution in [-0.2, 0) is 4.79 Å². The molecule has 2 heterocycles. The summed E-state index contributed by atoms with van der Waals surface area (Å²) in [6.07, 6.45) is 2.75. The van der Waals surface area contributed by atoms with Crippen LogP contribution in [0.3, 0.4) is 0 Å². The van der Waals surface area contributed by atoms with E-state index in [2.05, 4.69) is 10.3 Å². The van der Waals surface area contributed by atoms with Crippen molar-refractivity contribution in [2.75, 3.05) is 5.32 Å². The van der Waals surface area contributed by atoms with Crippen LogP contribution in [0, 0.1) is 0 Å². The van der Waals surface area contributed by atoms with Crippen LogP contribution in [-0.4, -0.2) is 20.4 Å².